The average Bonchev–Trinajstić information content (AvgIpc) is 2.78. The van der Waals surface area contributed by atoms with Gasteiger partial charge >= 0.3 is 0 Å². The number of benzene rings is 2. The molecule has 0 bridgehead atoms. The maximum Gasteiger partial charge on any atom is 0.253 e. The molecule has 0 spiro atoms. The van der Waals surface area contributed by atoms with Crippen molar-refractivity contribution in [3.05, 3.63) is 54.4 Å². The number of phenolic OH excluding ortho intramolecular Hbond substituents is 1. The van der Waals surface area contributed by atoms with E-state index in [9.17, 15) is 15.0 Å². The first-order chi connectivity index (χ1) is 15.3. The second-order valence-electron chi connectivity index (χ2n) is 8.73. The lowest BCUT2D eigenvalue weighted by molar-refractivity contribution is -0.0311. The second-order valence-corrected chi connectivity index (χ2v) is 9.58. The van der Waals surface area contributed by atoms with Crippen molar-refractivity contribution in [2.45, 2.75) is 43.6 Å². The number of anilines is 1. The number of aromatic nitrogens is 2. The van der Waals surface area contributed by atoms with Crippen molar-refractivity contribution in [3.63, 3.8) is 0 Å². The highest BCUT2D eigenvalue weighted by molar-refractivity contribution is 8.00. The smallest absolute Gasteiger partial charge is 0.253 e. The minimum absolute atomic E-state index is 0.00407. The van der Waals surface area contributed by atoms with Gasteiger partial charge in [0.15, 0.2) is 0 Å². The van der Waals surface area contributed by atoms with Gasteiger partial charge in [-0.1, -0.05) is 13.8 Å². The van der Waals surface area contributed by atoms with E-state index in [1.807, 2.05) is 29.2 Å². The number of fused-ring (bicyclic) bond motifs is 1. The summed E-state index contributed by atoms with van der Waals surface area (Å²) in [5, 5.41) is 20.7. The zero-order valence-electron chi connectivity index (χ0n) is 18.3. The molecule has 1 aliphatic rings. The molecular weight excluding hydrogens is 424 g/mol. The van der Waals surface area contributed by atoms with Gasteiger partial charge in [0.2, 0.25) is 0 Å². The zero-order chi connectivity index (χ0) is 22.7. The van der Waals surface area contributed by atoms with Crippen molar-refractivity contribution < 1.29 is 15.0 Å². The van der Waals surface area contributed by atoms with Gasteiger partial charge in [-0.3, -0.25) is 9.78 Å². The predicted molar refractivity (Wildman–Crippen MR) is 127 cm³/mol. The Morgan fingerprint density at radius 1 is 1.09 bits per heavy atom. The molecule has 2 heterocycles. The first-order valence-electron chi connectivity index (χ1n) is 10.8. The Morgan fingerprint density at radius 3 is 2.41 bits per heavy atom. The van der Waals surface area contributed by atoms with Crippen LogP contribution < -0.4 is 4.72 Å². The van der Waals surface area contributed by atoms with Crippen LogP contribution in [0.2, 0.25) is 0 Å². The number of nitrogens with one attached hydrogen (secondary N) is 1. The van der Waals surface area contributed by atoms with Crippen molar-refractivity contribution in [2.24, 2.45) is 5.92 Å². The average molecular weight is 453 g/mol. The van der Waals surface area contributed by atoms with E-state index in [1.54, 1.807) is 24.5 Å². The van der Waals surface area contributed by atoms with Crippen molar-refractivity contribution in [1.29, 1.82) is 0 Å². The van der Waals surface area contributed by atoms with Crippen LogP contribution in [0.4, 0.5) is 5.69 Å². The van der Waals surface area contributed by atoms with E-state index < -0.39 is 5.60 Å². The molecule has 3 aromatic rings. The number of aliphatic hydroxyl groups is 1. The Morgan fingerprint density at radius 2 is 1.75 bits per heavy atom. The predicted octanol–water partition coefficient (Wildman–Crippen LogP) is 4.47. The standard InChI is InChI=1S/C24H28N4O3S/c1-16(2)15-24(31)9-13-28(14-10-24)23(30)17-3-5-18(6-4-17)27-32-20-8-7-19(29)21-22(20)26-12-11-25-21/h3-8,11-12,16,27,29,31H,9-10,13-15H2,1-2H3. The van der Waals surface area contributed by atoms with Crippen LogP contribution in [0.25, 0.3) is 11.0 Å². The third-order valence-corrected chi connectivity index (χ3v) is 6.63. The van der Waals surface area contributed by atoms with Gasteiger partial charge < -0.3 is 19.8 Å². The highest BCUT2D eigenvalue weighted by Gasteiger charge is 2.34. The lowest BCUT2D eigenvalue weighted by Gasteiger charge is -2.39. The normalized spacial score (nSPS) is 15.8. The van der Waals surface area contributed by atoms with Crippen LogP contribution in [0.15, 0.2) is 53.7 Å². The molecule has 1 aromatic heterocycles. The zero-order valence-corrected chi connectivity index (χ0v) is 19.1. The number of rotatable bonds is 6. The lowest BCUT2D eigenvalue weighted by Crippen LogP contribution is -2.47. The van der Waals surface area contributed by atoms with Gasteiger partial charge in [0.05, 0.1) is 10.5 Å². The molecule has 1 fully saturated rings. The molecule has 2 aromatic carbocycles. The van der Waals surface area contributed by atoms with Crippen molar-refractivity contribution in [3.8, 4) is 5.75 Å². The molecule has 32 heavy (non-hydrogen) atoms. The van der Waals surface area contributed by atoms with E-state index in [0.717, 1.165) is 17.0 Å². The summed E-state index contributed by atoms with van der Waals surface area (Å²) in [4.78, 5) is 24.1. The molecule has 8 heteroatoms. The summed E-state index contributed by atoms with van der Waals surface area (Å²) in [5.41, 5.74) is 1.91. The number of phenols is 1. The molecule has 1 aliphatic heterocycles. The molecule has 0 radical (unpaired) electrons. The summed E-state index contributed by atoms with van der Waals surface area (Å²) in [6.07, 6.45) is 5.16. The minimum atomic E-state index is -0.654. The van der Waals surface area contributed by atoms with Crippen molar-refractivity contribution in [2.75, 3.05) is 17.8 Å². The number of likely N-dealkylation sites (tertiary alicyclic amines) is 1. The van der Waals surface area contributed by atoms with E-state index >= 15 is 0 Å². The summed E-state index contributed by atoms with van der Waals surface area (Å²) in [7, 11) is 0. The van der Waals surface area contributed by atoms with Crippen LogP contribution in [0.3, 0.4) is 0 Å². The maximum atomic E-state index is 12.9. The maximum absolute atomic E-state index is 12.9. The SMILES string of the molecule is CC(C)CC1(O)CCN(C(=O)c2ccc(NSc3ccc(O)c4nccnc34)cc2)CC1. The number of carbonyl (C=O) groups is 1. The second kappa shape index (κ2) is 9.34. The van der Waals surface area contributed by atoms with E-state index in [4.69, 9.17) is 0 Å². The number of carbonyl (C=O) groups excluding carboxylic acids is 1. The third kappa shape index (κ3) is 4.97. The highest BCUT2D eigenvalue weighted by Crippen LogP contribution is 2.32. The van der Waals surface area contributed by atoms with Gasteiger partial charge in [0.25, 0.3) is 5.91 Å². The molecule has 1 amide bonds. The van der Waals surface area contributed by atoms with E-state index in [2.05, 4.69) is 28.5 Å². The number of piperidine rings is 1. The number of aromatic hydroxyl groups is 1. The number of hydrogen-bond donors (Lipinski definition) is 3. The highest BCUT2D eigenvalue weighted by atomic mass is 32.2. The van der Waals surface area contributed by atoms with Gasteiger partial charge in [-0.2, -0.15) is 0 Å². The van der Waals surface area contributed by atoms with Crippen LogP contribution in [0, 0.1) is 5.92 Å². The fourth-order valence-electron chi connectivity index (χ4n) is 4.17. The Balaban J connectivity index is 1.37. The summed E-state index contributed by atoms with van der Waals surface area (Å²) >= 11 is 1.37. The molecule has 7 nitrogen and oxygen atoms in total. The monoisotopic (exact) mass is 452 g/mol. The molecular formula is C24H28N4O3S. The van der Waals surface area contributed by atoms with Crippen molar-refractivity contribution in [1.82, 2.24) is 14.9 Å². The Labute approximate surface area is 192 Å². The number of nitrogens with zero attached hydrogens (tertiary/aromatic N) is 3. The summed E-state index contributed by atoms with van der Waals surface area (Å²) in [6, 6.07) is 10.8. The first-order valence-corrected chi connectivity index (χ1v) is 11.6. The molecule has 4 rings (SSSR count). The Hall–Kier alpha value is -2.84. The molecule has 168 valence electrons. The molecule has 0 aliphatic carbocycles. The molecule has 1 saturated heterocycles. The molecule has 3 N–H and O–H groups in total. The number of amides is 1. The van der Waals surface area contributed by atoms with Gasteiger partial charge in [0.1, 0.15) is 16.8 Å². The molecule has 0 unspecified atom stereocenters. The van der Waals surface area contributed by atoms with E-state index in [1.165, 1.54) is 11.9 Å². The fraction of sp³-hybridized carbons (Fsp3) is 0.375. The van der Waals surface area contributed by atoms with Crippen LogP contribution in [0.5, 0.6) is 5.75 Å². The third-order valence-electron chi connectivity index (χ3n) is 5.75. The van der Waals surface area contributed by atoms with Crippen LogP contribution >= 0.6 is 11.9 Å². The lowest BCUT2D eigenvalue weighted by atomic mass is 9.84. The van der Waals surface area contributed by atoms with Crippen LogP contribution in [-0.4, -0.2) is 49.7 Å². The first kappa shape index (κ1) is 22.4. The van der Waals surface area contributed by atoms with Gasteiger partial charge in [-0.05, 0) is 73.5 Å². The summed E-state index contributed by atoms with van der Waals surface area (Å²) in [5.74, 6) is 0.531. The Kier molecular flexibility index (Phi) is 6.53. The summed E-state index contributed by atoms with van der Waals surface area (Å²) < 4.78 is 3.26. The van der Waals surface area contributed by atoms with Gasteiger partial charge in [-0.25, -0.2) is 4.98 Å². The van der Waals surface area contributed by atoms with Gasteiger partial charge in [0, 0.05) is 36.7 Å². The van der Waals surface area contributed by atoms with Crippen LogP contribution in [-0.2, 0) is 0 Å². The minimum Gasteiger partial charge on any atom is -0.506 e. The van der Waals surface area contributed by atoms with E-state index in [-0.39, 0.29) is 11.7 Å². The van der Waals surface area contributed by atoms with E-state index in [0.29, 0.717) is 48.4 Å². The molecule has 0 atom stereocenters. The van der Waals surface area contributed by atoms with Crippen molar-refractivity contribution >= 4 is 34.6 Å². The van der Waals surface area contributed by atoms with Gasteiger partial charge in [-0.15, -0.1) is 0 Å². The largest absolute Gasteiger partial charge is 0.506 e. The molecule has 0 saturated carbocycles. The fourth-order valence-corrected chi connectivity index (χ4v) is 4.91. The number of hydrogen-bond acceptors (Lipinski definition) is 7. The summed E-state index contributed by atoms with van der Waals surface area (Å²) in [6.45, 7) is 5.38. The quantitative estimate of drug-likeness (QED) is 0.475. The van der Waals surface area contributed by atoms with Crippen LogP contribution in [0.1, 0.15) is 43.5 Å². The Bertz CT molecular complexity index is 1100. The topological polar surface area (TPSA) is 98.6 Å².